The lowest BCUT2D eigenvalue weighted by atomic mass is 10.1. The SMILES string of the molecule is CCC(C)C(=O)Nc1cc(Cl)ccc1C(N)=NO. The summed E-state index contributed by atoms with van der Waals surface area (Å²) in [7, 11) is 0. The molecule has 0 heterocycles. The molecule has 6 heteroatoms. The Morgan fingerprint density at radius 3 is 2.83 bits per heavy atom. The molecule has 0 fully saturated rings. The van der Waals surface area contributed by atoms with Gasteiger partial charge in [-0.15, -0.1) is 0 Å². The number of halogens is 1. The number of rotatable bonds is 4. The van der Waals surface area contributed by atoms with Crippen LogP contribution in [0.3, 0.4) is 0 Å². The summed E-state index contributed by atoms with van der Waals surface area (Å²) in [6.45, 7) is 3.75. The Labute approximate surface area is 111 Å². The van der Waals surface area contributed by atoms with Crippen LogP contribution in [-0.2, 0) is 4.79 Å². The molecule has 0 aromatic heterocycles. The van der Waals surface area contributed by atoms with Gasteiger partial charge in [0.05, 0.1) is 5.69 Å². The van der Waals surface area contributed by atoms with E-state index in [4.69, 9.17) is 22.5 Å². The summed E-state index contributed by atoms with van der Waals surface area (Å²) in [5.74, 6) is -0.331. The second kappa shape index (κ2) is 6.26. The van der Waals surface area contributed by atoms with Gasteiger partial charge in [0.1, 0.15) is 0 Å². The second-order valence-corrected chi connectivity index (χ2v) is 4.41. The molecule has 1 unspecified atom stereocenters. The minimum Gasteiger partial charge on any atom is -0.409 e. The fraction of sp³-hybridized carbons (Fsp3) is 0.333. The summed E-state index contributed by atoms with van der Waals surface area (Å²) < 4.78 is 0. The minimum absolute atomic E-state index is 0.0777. The van der Waals surface area contributed by atoms with Crippen molar-refractivity contribution in [2.75, 3.05) is 5.32 Å². The number of carbonyl (C=O) groups is 1. The van der Waals surface area contributed by atoms with Gasteiger partial charge in [0.2, 0.25) is 5.91 Å². The molecule has 18 heavy (non-hydrogen) atoms. The zero-order chi connectivity index (χ0) is 13.7. The van der Waals surface area contributed by atoms with Crippen molar-refractivity contribution in [2.45, 2.75) is 20.3 Å². The molecule has 4 N–H and O–H groups in total. The first-order valence-electron chi connectivity index (χ1n) is 5.57. The van der Waals surface area contributed by atoms with Crippen LogP contribution in [0.25, 0.3) is 0 Å². The van der Waals surface area contributed by atoms with E-state index < -0.39 is 0 Å². The highest BCUT2D eigenvalue weighted by Crippen LogP contribution is 2.22. The number of amidine groups is 1. The summed E-state index contributed by atoms with van der Waals surface area (Å²) in [5, 5.41) is 14.8. The van der Waals surface area contributed by atoms with Crippen molar-refractivity contribution in [3.8, 4) is 0 Å². The molecule has 0 aliphatic rings. The molecule has 0 spiro atoms. The number of benzene rings is 1. The Morgan fingerprint density at radius 1 is 1.61 bits per heavy atom. The summed E-state index contributed by atoms with van der Waals surface area (Å²) in [6, 6.07) is 4.76. The zero-order valence-corrected chi connectivity index (χ0v) is 11.0. The van der Waals surface area contributed by atoms with Crippen LogP contribution < -0.4 is 11.1 Å². The Bertz CT molecular complexity index is 474. The van der Waals surface area contributed by atoms with Crippen LogP contribution >= 0.6 is 11.6 Å². The lowest BCUT2D eigenvalue weighted by molar-refractivity contribution is -0.119. The first kappa shape index (κ1) is 14.3. The highest BCUT2D eigenvalue weighted by molar-refractivity contribution is 6.31. The van der Waals surface area contributed by atoms with Gasteiger partial charge in [-0.2, -0.15) is 0 Å². The van der Waals surface area contributed by atoms with E-state index in [1.807, 2.05) is 13.8 Å². The van der Waals surface area contributed by atoms with E-state index in [-0.39, 0.29) is 17.7 Å². The quantitative estimate of drug-likeness (QED) is 0.339. The average Bonchev–Trinajstić information content (AvgIpc) is 2.37. The van der Waals surface area contributed by atoms with Crippen LogP contribution in [0.4, 0.5) is 5.69 Å². The Morgan fingerprint density at radius 2 is 2.28 bits per heavy atom. The number of amides is 1. The van der Waals surface area contributed by atoms with E-state index in [0.29, 0.717) is 16.3 Å². The van der Waals surface area contributed by atoms with E-state index in [1.54, 1.807) is 18.2 Å². The third-order valence-corrected chi connectivity index (χ3v) is 2.92. The summed E-state index contributed by atoms with van der Waals surface area (Å²) >= 11 is 5.87. The van der Waals surface area contributed by atoms with Gasteiger partial charge in [-0.1, -0.05) is 30.6 Å². The maximum atomic E-state index is 11.8. The number of anilines is 1. The number of oxime groups is 1. The van der Waals surface area contributed by atoms with Gasteiger partial charge in [-0.05, 0) is 24.6 Å². The van der Waals surface area contributed by atoms with E-state index in [1.165, 1.54) is 0 Å². The number of nitrogens with zero attached hydrogens (tertiary/aromatic N) is 1. The molecule has 1 amide bonds. The third kappa shape index (κ3) is 3.37. The monoisotopic (exact) mass is 269 g/mol. The van der Waals surface area contributed by atoms with Crippen molar-refractivity contribution in [2.24, 2.45) is 16.8 Å². The number of hydrogen-bond donors (Lipinski definition) is 3. The summed E-state index contributed by atoms with van der Waals surface area (Å²) in [5.41, 5.74) is 6.40. The Balaban J connectivity index is 3.07. The molecule has 0 aliphatic heterocycles. The Kier molecular flexibility index (Phi) is 4.97. The van der Waals surface area contributed by atoms with Crippen LogP contribution in [0.1, 0.15) is 25.8 Å². The van der Waals surface area contributed by atoms with Crippen molar-refractivity contribution < 1.29 is 10.0 Å². The van der Waals surface area contributed by atoms with Crippen molar-refractivity contribution in [3.05, 3.63) is 28.8 Å². The molecule has 0 saturated carbocycles. The molecule has 0 radical (unpaired) electrons. The summed E-state index contributed by atoms with van der Waals surface area (Å²) in [4.78, 5) is 11.8. The van der Waals surface area contributed by atoms with Crippen LogP contribution in [0.5, 0.6) is 0 Å². The number of nitrogens with one attached hydrogen (secondary N) is 1. The lowest BCUT2D eigenvalue weighted by Crippen LogP contribution is -2.23. The average molecular weight is 270 g/mol. The van der Waals surface area contributed by atoms with Gasteiger partial charge in [0.15, 0.2) is 5.84 Å². The predicted molar refractivity (Wildman–Crippen MR) is 72.0 cm³/mol. The topological polar surface area (TPSA) is 87.7 Å². The van der Waals surface area contributed by atoms with Crippen molar-refractivity contribution in [1.82, 2.24) is 0 Å². The molecule has 1 rings (SSSR count). The molecule has 98 valence electrons. The number of hydrogen-bond acceptors (Lipinski definition) is 3. The molecule has 1 aromatic rings. The van der Waals surface area contributed by atoms with Gasteiger partial charge in [-0.3, -0.25) is 4.79 Å². The first-order valence-corrected chi connectivity index (χ1v) is 5.95. The number of carbonyl (C=O) groups excluding carboxylic acids is 1. The molecule has 5 nitrogen and oxygen atoms in total. The largest absolute Gasteiger partial charge is 0.409 e. The lowest BCUT2D eigenvalue weighted by Gasteiger charge is -2.13. The van der Waals surface area contributed by atoms with Gasteiger partial charge in [0.25, 0.3) is 0 Å². The van der Waals surface area contributed by atoms with E-state index in [9.17, 15) is 4.79 Å². The minimum atomic E-state index is -0.133. The van der Waals surface area contributed by atoms with Crippen molar-refractivity contribution in [1.29, 1.82) is 0 Å². The van der Waals surface area contributed by atoms with Gasteiger partial charge in [0, 0.05) is 16.5 Å². The maximum absolute atomic E-state index is 11.8. The van der Waals surface area contributed by atoms with Crippen LogP contribution in [0.15, 0.2) is 23.4 Å². The van der Waals surface area contributed by atoms with Crippen LogP contribution in [0, 0.1) is 5.92 Å². The molecular weight excluding hydrogens is 254 g/mol. The van der Waals surface area contributed by atoms with Gasteiger partial charge < -0.3 is 16.3 Å². The second-order valence-electron chi connectivity index (χ2n) is 3.97. The summed E-state index contributed by atoms with van der Waals surface area (Å²) in [6.07, 6.45) is 0.727. The van der Waals surface area contributed by atoms with Crippen LogP contribution in [0.2, 0.25) is 5.02 Å². The fourth-order valence-corrected chi connectivity index (χ4v) is 1.51. The fourth-order valence-electron chi connectivity index (χ4n) is 1.34. The normalized spacial score (nSPS) is 13.2. The Hall–Kier alpha value is -1.75. The highest BCUT2D eigenvalue weighted by Gasteiger charge is 2.14. The van der Waals surface area contributed by atoms with Crippen LogP contribution in [-0.4, -0.2) is 17.0 Å². The first-order chi connectivity index (χ1) is 8.49. The molecule has 0 bridgehead atoms. The molecule has 1 atom stereocenters. The van der Waals surface area contributed by atoms with Crippen molar-refractivity contribution in [3.63, 3.8) is 0 Å². The maximum Gasteiger partial charge on any atom is 0.227 e. The van der Waals surface area contributed by atoms with Gasteiger partial charge in [-0.25, -0.2) is 0 Å². The third-order valence-electron chi connectivity index (χ3n) is 2.68. The standard InChI is InChI=1S/C12H16ClN3O2/c1-3-7(2)12(17)15-10-6-8(13)4-5-9(10)11(14)16-18/h4-7,18H,3H2,1-2H3,(H2,14,16)(H,15,17). The van der Waals surface area contributed by atoms with Gasteiger partial charge >= 0.3 is 0 Å². The van der Waals surface area contributed by atoms with E-state index in [0.717, 1.165) is 6.42 Å². The molecule has 0 saturated heterocycles. The zero-order valence-electron chi connectivity index (χ0n) is 10.3. The molecule has 0 aliphatic carbocycles. The highest BCUT2D eigenvalue weighted by atomic mass is 35.5. The smallest absolute Gasteiger partial charge is 0.227 e. The van der Waals surface area contributed by atoms with Crippen molar-refractivity contribution >= 4 is 29.0 Å². The predicted octanol–water partition coefficient (Wildman–Crippen LogP) is 2.42. The van der Waals surface area contributed by atoms with E-state index in [2.05, 4.69) is 10.5 Å². The molecule has 1 aromatic carbocycles. The molecular formula is C12H16ClN3O2. The number of nitrogens with two attached hydrogens (primary N) is 1. The van der Waals surface area contributed by atoms with E-state index >= 15 is 0 Å².